The number of rotatable bonds is 4. The molecule has 0 aliphatic carbocycles. The highest BCUT2D eigenvalue weighted by Gasteiger charge is 2.21. The van der Waals surface area contributed by atoms with Gasteiger partial charge in [0.2, 0.25) is 5.91 Å². The van der Waals surface area contributed by atoms with Crippen LogP contribution < -0.4 is 5.32 Å². The van der Waals surface area contributed by atoms with Crippen LogP contribution in [0.15, 0.2) is 54.6 Å². The first-order chi connectivity index (χ1) is 14.8. The van der Waals surface area contributed by atoms with Crippen molar-refractivity contribution >= 4 is 39.4 Å². The van der Waals surface area contributed by atoms with Crippen LogP contribution in [0.5, 0.6) is 0 Å². The van der Waals surface area contributed by atoms with E-state index < -0.39 is 11.4 Å². The minimum atomic E-state index is -0.481. The van der Waals surface area contributed by atoms with Gasteiger partial charge in [0, 0.05) is 33.0 Å². The van der Waals surface area contributed by atoms with E-state index in [4.69, 9.17) is 4.74 Å². The number of aromatic amines is 1. The molecule has 31 heavy (non-hydrogen) atoms. The Kier molecular flexibility index (Phi) is 5.23. The average molecular weight is 415 g/mol. The fraction of sp³-hybridized carbons (Fsp3) is 0.240. The summed E-state index contributed by atoms with van der Waals surface area (Å²) < 4.78 is 5.19. The molecule has 0 radical (unpaired) electrons. The molecular formula is C25H25N3O3. The molecule has 1 amide bonds. The van der Waals surface area contributed by atoms with Crippen LogP contribution in [-0.2, 0) is 9.53 Å². The molecular weight excluding hydrogens is 390 g/mol. The number of para-hydroxylation sites is 1. The number of nitrogens with zero attached hydrogens (tertiary/aromatic N) is 1. The van der Waals surface area contributed by atoms with Crippen molar-refractivity contribution in [2.75, 3.05) is 11.9 Å². The molecule has 0 aliphatic heterocycles. The molecule has 0 saturated carbocycles. The third-order valence-electron chi connectivity index (χ3n) is 5.08. The number of hydrogen-bond donors (Lipinski definition) is 2. The van der Waals surface area contributed by atoms with E-state index in [9.17, 15) is 9.59 Å². The van der Waals surface area contributed by atoms with Gasteiger partial charge in [-0.3, -0.25) is 4.79 Å². The minimum Gasteiger partial charge on any atom is -0.461 e. The fourth-order valence-electron chi connectivity index (χ4n) is 3.39. The Morgan fingerprint density at radius 2 is 1.74 bits per heavy atom. The van der Waals surface area contributed by atoms with Crippen molar-refractivity contribution in [3.8, 4) is 11.3 Å². The second-order valence-corrected chi connectivity index (χ2v) is 8.45. The smallest absolute Gasteiger partial charge is 0.356 e. The summed E-state index contributed by atoms with van der Waals surface area (Å²) in [5.41, 5.74) is 3.79. The Balaban J connectivity index is 1.82. The highest BCUT2D eigenvalue weighted by Crippen LogP contribution is 2.33. The van der Waals surface area contributed by atoms with Gasteiger partial charge in [0.15, 0.2) is 0 Å². The van der Waals surface area contributed by atoms with Gasteiger partial charge in [0.25, 0.3) is 0 Å². The second-order valence-electron chi connectivity index (χ2n) is 8.45. The average Bonchev–Trinajstić information content (AvgIpc) is 3.12. The first-order valence-electron chi connectivity index (χ1n) is 10.3. The lowest BCUT2D eigenvalue weighted by Gasteiger charge is -2.17. The Morgan fingerprint density at radius 3 is 2.42 bits per heavy atom. The van der Waals surface area contributed by atoms with Crippen molar-refractivity contribution in [3.63, 3.8) is 0 Å². The van der Waals surface area contributed by atoms with Gasteiger partial charge < -0.3 is 15.0 Å². The van der Waals surface area contributed by atoms with Crippen LogP contribution in [0.2, 0.25) is 0 Å². The van der Waals surface area contributed by atoms with Crippen LogP contribution in [0.4, 0.5) is 5.69 Å². The van der Waals surface area contributed by atoms with Gasteiger partial charge >= 0.3 is 5.97 Å². The molecule has 4 rings (SSSR count). The molecule has 0 spiro atoms. The molecule has 2 aromatic carbocycles. The zero-order valence-electron chi connectivity index (χ0n) is 18.1. The van der Waals surface area contributed by atoms with Crippen molar-refractivity contribution in [1.29, 1.82) is 0 Å². The van der Waals surface area contributed by atoms with Crippen molar-refractivity contribution in [2.45, 2.75) is 27.7 Å². The van der Waals surface area contributed by atoms with Gasteiger partial charge in [0.05, 0.1) is 17.8 Å². The number of amides is 1. The Bertz CT molecular complexity index is 1280. The zero-order valence-corrected chi connectivity index (χ0v) is 18.1. The van der Waals surface area contributed by atoms with E-state index in [1.165, 1.54) is 0 Å². The second kappa shape index (κ2) is 7.87. The molecule has 0 atom stereocenters. The summed E-state index contributed by atoms with van der Waals surface area (Å²) in [6.45, 7) is 7.66. The van der Waals surface area contributed by atoms with Gasteiger partial charge in [0.1, 0.15) is 5.69 Å². The Morgan fingerprint density at radius 1 is 1.03 bits per heavy atom. The lowest BCUT2D eigenvalue weighted by molar-refractivity contribution is -0.123. The SMILES string of the molecule is CCOC(=O)c1cc2c([nH]c3ccccc32)c(-c2ccc(NC(=O)C(C)(C)C)cc2)n1. The lowest BCUT2D eigenvalue weighted by Crippen LogP contribution is -2.27. The topological polar surface area (TPSA) is 84.1 Å². The third kappa shape index (κ3) is 4.01. The summed E-state index contributed by atoms with van der Waals surface area (Å²) >= 11 is 0. The van der Waals surface area contributed by atoms with E-state index >= 15 is 0 Å². The van der Waals surface area contributed by atoms with Gasteiger partial charge in [-0.05, 0) is 31.2 Å². The van der Waals surface area contributed by atoms with Crippen LogP contribution in [0, 0.1) is 5.41 Å². The number of H-pyrrole nitrogens is 1. The normalized spacial score (nSPS) is 11.6. The molecule has 2 heterocycles. The number of esters is 1. The number of aromatic nitrogens is 2. The zero-order chi connectivity index (χ0) is 22.2. The molecule has 2 aromatic heterocycles. The maximum Gasteiger partial charge on any atom is 0.356 e. The molecule has 158 valence electrons. The minimum absolute atomic E-state index is 0.0549. The maximum atomic E-state index is 12.5. The van der Waals surface area contributed by atoms with Crippen LogP contribution in [0.1, 0.15) is 38.2 Å². The molecule has 0 bridgehead atoms. The van der Waals surface area contributed by atoms with Crippen LogP contribution in [0.3, 0.4) is 0 Å². The van der Waals surface area contributed by atoms with E-state index in [-0.39, 0.29) is 18.2 Å². The number of benzene rings is 2. The molecule has 4 aromatic rings. The summed E-state index contributed by atoms with van der Waals surface area (Å²) in [6, 6.07) is 17.2. The van der Waals surface area contributed by atoms with Gasteiger partial charge in [-0.25, -0.2) is 9.78 Å². The quantitative estimate of drug-likeness (QED) is 0.428. The molecule has 0 fully saturated rings. The molecule has 0 aliphatic rings. The molecule has 0 unspecified atom stereocenters. The summed E-state index contributed by atoms with van der Waals surface area (Å²) in [6.07, 6.45) is 0. The number of hydrogen-bond acceptors (Lipinski definition) is 4. The molecule has 6 heteroatoms. The third-order valence-corrected chi connectivity index (χ3v) is 5.08. The van der Waals surface area contributed by atoms with Crippen molar-refractivity contribution < 1.29 is 14.3 Å². The van der Waals surface area contributed by atoms with E-state index in [1.807, 2.05) is 69.3 Å². The first-order valence-corrected chi connectivity index (χ1v) is 10.3. The number of pyridine rings is 1. The summed E-state index contributed by atoms with van der Waals surface area (Å²) in [5.74, 6) is -0.509. The van der Waals surface area contributed by atoms with Gasteiger partial charge in [-0.2, -0.15) is 0 Å². The first kappa shape index (κ1) is 20.6. The number of fused-ring (bicyclic) bond motifs is 3. The molecule has 0 saturated heterocycles. The summed E-state index contributed by atoms with van der Waals surface area (Å²) in [5, 5.41) is 4.85. The van der Waals surface area contributed by atoms with E-state index in [1.54, 1.807) is 13.0 Å². The Labute approximate surface area is 180 Å². The van der Waals surface area contributed by atoms with Gasteiger partial charge in [-0.15, -0.1) is 0 Å². The highest BCUT2D eigenvalue weighted by molar-refractivity contribution is 6.12. The summed E-state index contributed by atoms with van der Waals surface area (Å²) in [7, 11) is 0. The Hall–Kier alpha value is -3.67. The predicted molar refractivity (Wildman–Crippen MR) is 123 cm³/mol. The standard InChI is InChI=1S/C25H25N3O3/c1-5-31-23(29)20-14-18-17-8-6-7-9-19(17)27-22(18)21(28-20)15-10-12-16(13-11-15)26-24(30)25(2,3)4/h6-14,27H,5H2,1-4H3,(H,26,30). The predicted octanol–water partition coefficient (Wildman–Crippen LogP) is 5.54. The number of ether oxygens (including phenoxy) is 1. The largest absolute Gasteiger partial charge is 0.461 e. The van der Waals surface area contributed by atoms with Crippen LogP contribution >= 0.6 is 0 Å². The molecule has 6 nitrogen and oxygen atoms in total. The maximum absolute atomic E-state index is 12.5. The molecule has 2 N–H and O–H groups in total. The van der Waals surface area contributed by atoms with E-state index in [0.717, 1.165) is 27.4 Å². The monoisotopic (exact) mass is 415 g/mol. The van der Waals surface area contributed by atoms with Gasteiger partial charge in [-0.1, -0.05) is 51.1 Å². The van der Waals surface area contributed by atoms with E-state index in [0.29, 0.717) is 11.4 Å². The van der Waals surface area contributed by atoms with Crippen molar-refractivity contribution in [1.82, 2.24) is 9.97 Å². The van der Waals surface area contributed by atoms with Crippen LogP contribution in [-0.4, -0.2) is 28.5 Å². The highest BCUT2D eigenvalue weighted by atomic mass is 16.5. The number of carbonyl (C=O) groups is 2. The lowest BCUT2D eigenvalue weighted by atomic mass is 9.95. The van der Waals surface area contributed by atoms with E-state index in [2.05, 4.69) is 15.3 Å². The van der Waals surface area contributed by atoms with Crippen molar-refractivity contribution in [3.05, 3.63) is 60.3 Å². The van der Waals surface area contributed by atoms with Crippen molar-refractivity contribution in [2.24, 2.45) is 5.41 Å². The fourth-order valence-corrected chi connectivity index (χ4v) is 3.39. The number of carbonyl (C=O) groups excluding carboxylic acids is 2. The van der Waals surface area contributed by atoms with Crippen LogP contribution in [0.25, 0.3) is 33.1 Å². The number of nitrogens with one attached hydrogen (secondary N) is 2. The number of anilines is 1. The summed E-state index contributed by atoms with van der Waals surface area (Å²) in [4.78, 5) is 32.8.